The van der Waals surface area contributed by atoms with Crippen molar-refractivity contribution in [1.29, 1.82) is 0 Å². The molecule has 3 rings (SSSR count). The van der Waals surface area contributed by atoms with Crippen molar-refractivity contribution in [2.24, 2.45) is 10.9 Å². The van der Waals surface area contributed by atoms with E-state index >= 15 is 0 Å². The molecule has 0 radical (unpaired) electrons. The van der Waals surface area contributed by atoms with Crippen LogP contribution in [0.3, 0.4) is 0 Å². The first-order valence-electron chi connectivity index (χ1n) is 11.2. The number of aliphatic hydroxyl groups excluding tert-OH is 1. The molecule has 2 aliphatic rings. The summed E-state index contributed by atoms with van der Waals surface area (Å²) in [6.07, 6.45) is 1.03. The van der Waals surface area contributed by atoms with E-state index in [1.807, 2.05) is 11.9 Å². The zero-order chi connectivity index (χ0) is 24.1. The van der Waals surface area contributed by atoms with Crippen molar-refractivity contribution in [3.05, 3.63) is 23.8 Å². The minimum absolute atomic E-state index is 0.0262. The number of likely N-dealkylation sites (tertiary alicyclic amines) is 1. The molecule has 2 heterocycles. The molecule has 3 atom stereocenters. The summed E-state index contributed by atoms with van der Waals surface area (Å²) in [4.78, 5) is 47.5. The zero-order valence-corrected chi connectivity index (χ0v) is 19.1. The van der Waals surface area contributed by atoms with E-state index in [4.69, 9.17) is 0 Å². The maximum absolute atomic E-state index is 13.0. The Bertz CT molecular complexity index is 912. The third kappa shape index (κ3) is 6.08. The predicted molar refractivity (Wildman–Crippen MR) is 121 cm³/mol. The Morgan fingerprint density at radius 3 is 2.48 bits per heavy atom. The average Bonchev–Trinajstić information content (AvgIpc) is 3.29. The molecule has 2 fully saturated rings. The Kier molecular flexibility index (Phi) is 8.04. The molecule has 0 spiro atoms. The number of piperazine rings is 1. The highest BCUT2D eigenvalue weighted by molar-refractivity contribution is 5.99. The fraction of sp³-hybridized carbons (Fsp3) is 0.565. The monoisotopic (exact) mass is 460 g/mol. The summed E-state index contributed by atoms with van der Waals surface area (Å²) in [7, 11) is 2.01. The number of hydrogen-bond donors (Lipinski definition) is 3. The van der Waals surface area contributed by atoms with Gasteiger partial charge in [0.2, 0.25) is 11.8 Å². The van der Waals surface area contributed by atoms with Crippen molar-refractivity contribution >= 4 is 23.9 Å². The largest absolute Gasteiger partial charge is 0.504 e. The van der Waals surface area contributed by atoms with Crippen LogP contribution < -0.4 is 0 Å². The first kappa shape index (κ1) is 24.7. The van der Waals surface area contributed by atoms with Gasteiger partial charge in [0.15, 0.2) is 11.5 Å². The fourth-order valence-corrected chi connectivity index (χ4v) is 4.13. The topological polar surface area (TPSA) is 134 Å². The van der Waals surface area contributed by atoms with E-state index in [2.05, 4.69) is 9.89 Å². The zero-order valence-electron chi connectivity index (χ0n) is 19.1. The standard InChI is InChI=1S/C23H32N4O6/c1-15(14-24-21(31)20(30)13-16-5-6-18(28)19(29)12-16)22(32)27-7-3-4-17(27)23(33)26-10-8-25(2)9-11-26/h5-6,12,14-15,17,20,28-30H,3-4,7-11,13H2,1-2H3/t15?,17-,20+/m0/s1. The highest BCUT2D eigenvalue weighted by Gasteiger charge is 2.38. The summed E-state index contributed by atoms with van der Waals surface area (Å²) in [6.45, 7) is 5.01. The SMILES string of the molecule is CC(C=NC(=O)[C@H](O)Cc1ccc(O)c(O)c1)C(=O)N1CCC[C@H]1C(=O)N1CCN(C)CC1. The molecule has 0 bridgehead atoms. The summed E-state index contributed by atoms with van der Waals surface area (Å²) in [5.41, 5.74) is 0.452. The quantitative estimate of drug-likeness (QED) is 0.402. The van der Waals surface area contributed by atoms with E-state index in [1.54, 1.807) is 11.8 Å². The molecule has 0 aromatic heterocycles. The molecule has 1 aromatic carbocycles. The highest BCUT2D eigenvalue weighted by atomic mass is 16.3. The van der Waals surface area contributed by atoms with Gasteiger partial charge in [-0.05, 0) is 44.5 Å². The Morgan fingerprint density at radius 2 is 1.82 bits per heavy atom. The summed E-state index contributed by atoms with van der Waals surface area (Å²) in [5.74, 6) is -2.47. The van der Waals surface area contributed by atoms with E-state index in [9.17, 15) is 29.7 Å². The van der Waals surface area contributed by atoms with E-state index in [-0.39, 0.29) is 29.7 Å². The second-order valence-electron chi connectivity index (χ2n) is 8.77. The van der Waals surface area contributed by atoms with Crippen LogP contribution in [0.2, 0.25) is 0 Å². The van der Waals surface area contributed by atoms with Crippen LogP contribution in [0.15, 0.2) is 23.2 Å². The first-order chi connectivity index (χ1) is 15.7. The van der Waals surface area contributed by atoms with Crippen LogP contribution in [0, 0.1) is 5.92 Å². The summed E-state index contributed by atoms with van der Waals surface area (Å²) in [5, 5.41) is 29.0. The number of carbonyl (C=O) groups excluding carboxylic acids is 3. The molecule has 33 heavy (non-hydrogen) atoms. The summed E-state index contributed by atoms with van der Waals surface area (Å²) >= 11 is 0. The van der Waals surface area contributed by atoms with Gasteiger partial charge in [-0.1, -0.05) is 6.07 Å². The van der Waals surface area contributed by atoms with Crippen molar-refractivity contribution < 1.29 is 29.7 Å². The number of nitrogens with zero attached hydrogens (tertiary/aromatic N) is 4. The highest BCUT2D eigenvalue weighted by Crippen LogP contribution is 2.25. The molecule has 3 N–H and O–H groups in total. The lowest BCUT2D eigenvalue weighted by Gasteiger charge is -2.36. The number of benzene rings is 1. The predicted octanol–water partition coefficient (Wildman–Crippen LogP) is -0.000300. The number of hydrogen-bond acceptors (Lipinski definition) is 7. The molecule has 2 aliphatic heterocycles. The fourth-order valence-electron chi connectivity index (χ4n) is 4.13. The molecule has 180 valence electrons. The van der Waals surface area contributed by atoms with Crippen LogP contribution in [0.4, 0.5) is 0 Å². The third-order valence-corrected chi connectivity index (χ3v) is 6.20. The first-order valence-corrected chi connectivity index (χ1v) is 11.2. The normalized spacial score (nSPS) is 21.4. The molecule has 10 heteroatoms. The Balaban J connectivity index is 1.56. The lowest BCUT2D eigenvalue weighted by molar-refractivity contribution is -0.145. The number of rotatable bonds is 6. The van der Waals surface area contributed by atoms with Gasteiger partial charge in [0.1, 0.15) is 12.1 Å². The number of aliphatic hydroxyl groups is 1. The molecule has 1 unspecified atom stereocenters. The number of amides is 3. The Hall–Kier alpha value is -2.98. The average molecular weight is 461 g/mol. The van der Waals surface area contributed by atoms with Crippen LogP contribution in [-0.4, -0.2) is 106 Å². The van der Waals surface area contributed by atoms with Crippen LogP contribution in [0.25, 0.3) is 0 Å². The summed E-state index contributed by atoms with van der Waals surface area (Å²) < 4.78 is 0. The smallest absolute Gasteiger partial charge is 0.274 e. The van der Waals surface area contributed by atoms with Gasteiger partial charge in [-0.25, -0.2) is 4.99 Å². The van der Waals surface area contributed by atoms with Crippen LogP contribution >= 0.6 is 0 Å². The second-order valence-corrected chi connectivity index (χ2v) is 8.77. The molecule has 2 saturated heterocycles. The van der Waals surface area contributed by atoms with E-state index in [0.29, 0.717) is 31.6 Å². The van der Waals surface area contributed by atoms with Gasteiger partial charge >= 0.3 is 0 Å². The molecule has 0 aliphatic carbocycles. The number of carbonyl (C=O) groups is 3. The van der Waals surface area contributed by atoms with Gasteiger partial charge in [-0.2, -0.15) is 0 Å². The van der Waals surface area contributed by atoms with Crippen molar-refractivity contribution in [3.8, 4) is 11.5 Å². The molecule has 10 nitrogen and oxygen atoms in total. The molecule has 1 aromatic rings. The van der Waals surface area contributed by atoms with Gasteiger partial charge < -0.3 is 30.0 Å². The van der Waals surface area contributed by atoms with Gasteiger partial charge in [-0.3, -0.25) is 14.4 Å². The van der Waals surface area contributed by atoms with E-state index in [1.165, 1.54) is 24.4 Å². The van der Waals surface area contributed by atoms with Gasteiger partial charge in [0.05, 0.1) is 5.92 Å². The second kappa shape index (κ2) is 10.8. The van der Waals surface area contributed by atoms with Crippen molar-refractivity contribution in [2.45, 2.75) is 38.3 Å². The Labute approximate surface area is 193 Å². The van der Waals surface area contributed by atoms with Gasteiger partial charge in [0, 0.05) is 45.4 Å². The molecule has 0 saturated carbocycles. The maximum Gasteiger partial charge on any atom is 0.274 e. The molecular formula is C23H32N4O6. The van der Waals surface area contributed by atoms with Gasteiger partial charge in [-0.15, -0.1) is 0 Å². The lowest BCUT2D eigenvalue weighted by Crippen LogP contribution is -2.54. The van der Waals surface area contributed by atoms with E-state index < -0.39 is 24.0 Å². The summed E-state index contributed by atoms with van der Waals surface area (Å²) in [6, 6.07) is 3.51. The number of aliphatic imine (C=N–C) groups is 1. The van der Waals surface area contributed by atoms with Crippen LogP contribution in [-0.2, 0) is 20.8 Å². The molecule has 3 amide bonds. The number of likely N-dealkylation sites (N-methyl/N-ethyl adjacent to an activating group) is 1. The van der Waals surface area contributed by atoms with E-state index in [0.717, 1.165) is 19.5 Å². The van der Waals surface area contributed by atoms with Crippen LogP contribution in [0.1, 0.15) is 25.3 Å². The minimum Gasteiger partial charge on any atom is -0.504 e. The van der Waals surface area contributed by atoms with Crippen molar-refractivity contribution in [3.63, 3.8) is 0 Å². The van der Waals surface area contributed by atoms with Gasteiger partial charge in [0.25, 0.3) is 5.91 Å². The number of phenols is 2. The lowest BCUT2D eigenvalue weighted by atomic mass is 10.1. The number of aromatic hydroxyl groups is 2. The minimum atomic E-state index is -1.45. The Morgan fingerprint density at radius 1 is 1.12 bits per heavy atom. The van der Waals surface area contributed by atoms with Crippen LogP contribution in [0.5, 0.6) is 11.5 Å². The maximum atomic E-state index is 13.0. The number of phenolic OH excluding ortho intramolecular Hbond substituents is 2. The van der Waals surface area contributed by atoms with Crippen molar-refractivity contribution in [2.75, 3.05) is 39.8 Å². The van der Waals surface area contributed by atoms with Crippen molar-refractivity contribution in [1.82, 2.24) is 14.7 Å². The third-order valence-electron chi connectivity index (χ3n) is 6.20. The molecular weight excluding hydrogens is 428 g/mol.